The Labute approximate surface area is 215 Å². The van der Waals surface area contributed by atoms with Gasteiger partial charge in [-0.1, -0.05) is 60.7 Å². The van der Waals surface area contributed by atoms with Crippen LogP contribution in [-0.4, -0.2) is 14.1 Å². The largest absolute Gasteiger partial charge is 0.309 e. The molecule has 0 radical (unpaired) electrons. The van der Waals surface area contributed by atoms with Gasteiger partial charge in [0.05, 0.1) is 33.2 Å². The zero-order valence-corrected chi connectivity index (χ0v) is 20.8. The summed E-state index contributed by atoms with van der Waals surface area (Å²) in [7, 11) is 0. The zero-order chi connectivity index (χ0) is 24.7. The van der Waals surface area contributed by atoms with Crippen molar-refractivity contribution in [3.63, 3.8) is 0 Å². The van der Waals surface area contributed by atoms with Gasteiger partial charge in [0.25, 0.3) is 0 Å². The molecule has 0 spiro atoms. The lowest BCUT2D eigenvalue weighted by Crippen LogP contribution is -2.16. The molecule has 37 heavy (non-hydrogen) atoms. The lowest BCUT2D eigenvalue weighted by Gasteiger charge is -2.18. The summed E-state index contributed by atoms with van der Waals surface area (Å²) in [5.41, 5.74) is 10.7. The Morgan fingerprint density at radius 1 is 0.568 bits per heavy atom. The zero-order valence-electron chi connectivity index (χ0n) is 20.8. The van der Waals surface area contributed by atoms with E-state index in [0.717, 1.165) is 11.3 Å². The summed E-state index contributed by atoms with van der Waals surface area (Å²) in [5.74, 6) is 1.11. The first-order chi connectivity index (χ1) is 18.1. The van der Waals surface area contributed by atoms with Crippen LogP contribution in [0.5, 0.6) is 0 Å². The maximum atomic E-state index is 5.03. The Hall–Kier alpha value is -4.63. The van der Waals surface area contributed by atoms with Gasteiger partial charge in [0, 0.05) is 16.5 Å². The minimum absolute atomic E-state index is 0.169. The number of nitrogens with zero attached hydrogens (tertiary/aromatic N) is 3. The molecule has 1 aliphatic rings. The third-order valence-electron chi connectivity index (χ3n) is 8.05. The second kappa shape index (κ2) is 7.21. The van der Waals surface area contributed by atoms with Crippen molar-refractivity contribution in [2.45, 2.75) is 19.3 Å². The highest BCUT2D eigenvalue weighted by Gasteiger charge is 2.39. The van der Waals surface area contributed by atoms with Gasteiger partial charge in [-0.3, -0.25) is 4.57 Å². The van der Waals surface area contributed by atoms with Crippen LogP contribution in [0.15, 0.2) is 115 Å². The van der Waals surface area contributed by atoms with Crippen molar-refractivity contribution < 1.29 is 0 Å². The highest BCUT2D eigenvalue weighted by Crippen LogP contribution is 2.46. The number of imidazole rings is 1. The summed E-state index contributed by atoms with van der Waals surface area (Å²) < 4.78 is 4.70. The first-order valence-electron chi connectivity index (χ1n) is 12.8. The second-order valence-corrected chi connectivity index (χ2v) is 10.5. The maximum Gasteiger partial charge on any atom is 0.124 e. The molecule has 3 nitrogen and oxygen atoms in total. The van der Waals surface area contributed by atoms with Gasteiger partial charge in [0.1, 0.15) is 5.82 Å². The highest BCUT2D eigenvalue weighted by molar-refractivity contribution is 6.10. The molecule has 0 atom stereocenters. The fourth-order valence-electron chi connectivity index (χ4n) is 6.23. The minimum Gasteiger partial charge on any atom is -0.309 e. The predicted octanol–water partition coefficient (Wildman–Crippen LogP) is 8.43. The molecule has 0 saturated heterocycles. The van der Waals surface area contributed by atoms with Gasteiger partial charge in [0.2, 0.25) is 0 Å². The fourth-order valence-corrected chi connectivity index (χ4v) is 6.23. The van der Waals surface area contributed by atoms with Crippen LogP contribution in [0.3, 0.4) is 0 Å². The minimum atomic E-state index is -0.169. The van der Waals surface area contributed by atoms with Crippen molar-refractivity contribution in [3.05, 3.63) is 127 Å². The van der Waals surface area contributed by atoms with E-state index < -0.39 is 0 Å². The normalized spacial score (nSPS) is 13.9. The number of para-hydroxylation sites is 4. The molecule has 176 valence electrons. The Kier molecular flexibility index (Phi) is 4.00. The lowest BCUT2D eigenvalue weighted by molar-refractivity contribution is 0.621. The van der Waals surface area contributed by atoms with E-state index in [-0.39, 0.29) is 5.41 Å². The average Bonchev–Trinajstić information content (AvgIpc) is 3.56. The number of rotatable bonds is 2. The third kappa shape index (κ3) is 2.74. The van der Waals surface area contributed by atoms with Crippen LogP contribution in [0.25, 0.3) is 55.3 Å². The van der Waals surface area contributed by atoms with Crippen molar-refractivity contribution in [3.8, 4) is 22.5 Å². The van der Waals surface area contributed by atoms with E-state index in [1.807, 2.05) is 0 Å². The summed E-state index contributed by atoms with van der Waals surface area (Å²) in [4.78, 5) is 5.03. The standard InChI is InChI=1S/C34H25N3/c1-34(2)27-21-23(17-19-31(27)37-32-15-9-7-13-28(32)35-33(34)37)22-16-18-30-26(20-22)25-12-6-8-14-29(25)36(30)24-10-4-3-5-11-24/h3-21H,1-2H3. The molecular formula is C34H25N3. The van der Waals surface area contributed by atoms with Crippen molar-refractivity contribution in [1.29, 1.82) is 0 Å². The average molecular weight is 476 g/mol. The van der Waals surface area contributed by atoms with E-state index in [9.17, 15) is 0 Å². The number of benzene rings is 5. The number of hydrogen-bond donors (Lipinski definition) is 0. The summed E-state index contributed by atoms with van der Waals surface area (Å²) in [6.07, 6.45) is 0. The van der Waals surface area contributed by atoms with Crippen LogP contribution >= 0.6 is 0 Å². The molecule has 0 unspecified atom stereocenters. The molecule has 0 N–H and O–H groups in total. The van der Waals surface area contributed by atoms with Crippen molar-refractivity contribution in [2.75, 3.05) is 0 Å². The third-order valence-corrected chi connectivity index (χ3v) is 8.05. The maximum absolute atomic E-state index is 5.03. The Balaban J connectivity index is 1.33. The molecule has 0 aliphatic carbocycles. The molecule has 0 amide bonds. The van der Waals surface area contributed by atoms with Crippen molar-refractivity contribution in [2.24, 2.45) is 0 Å². The number of aromatic nitrogens is 3. The highest BCUT2D eigenvalue weighted by atomic mass is 15.1. The molecule has 0 bridgehead atoms. The predicted molar refractivity (Wildman–Crippen MR) is 153 cm³/mol. The molecule has 3 heteroatoms. The van der Waals surface area contributed by atoms with E-state index in [1.165, 1.54) is 55.4 Å². The quantitative estimate of drug-likeness (QED) is 0.246. The fraction of sp³-hybridized carbons (Fsp3) is 0.0882. The molecule has 2 aromatic heterocycles. The molecular weight excluding hydrogens is 450 g/mol. The molecule has 3 heterocycles. The molecule has 8 rings (SSSR count). The van der Waals surface area contributed by atoms with Gasteiger partial charge in [-0.05, 0) is 85.1 Å². The molecule has 7 aromatic rings. The first-order valence-corrected chi connectivity index (χ1v) is 12.8. The Morgan fingerprint density at radius 3 is 2.11 bits per heavy atom. The van der Waals surface area contributed by atoms with E-state index in [1.54, 1.807) is 0 Å². The van der Waals surface area contributed by atoms with Gasteiger partial charge in [-0.2, -0.15) is 0 Å². The number of hydrogen-bond acceptors (Lipinski definition) is 1. The summed E-state index contributed by atoms with van der Waals surface area (Å²) >= 11 is 0. The van der Waals surface area contributed by atoms with Crippen LogP contribution < -0.4 is 0 Å². The van der Waals surface area contributed by atoms with Gasteiger partial charge < -0.3 is 4.57 Å². The molecule has 0 fully saturated rings. The van der Waals surface area contributed by atoms with Gasteiger partial charge >= 0.3 is 0 Å². The van der Waals surface area contributed by atoms with Crippen molar-refractivity contribution in [1.82, 2.24) is 14.1 Å². The summed E-state index contributed by atoms with van der Waals surface area (Å²) in [5, 5.41) is 2.55. The van der Waals surface area contributed by atoms with Gasteiger partial charge in [0.15, 0.2) is 0 Å². The van der Waals surface area contributed by atoms with E-state index >= 15 is 0 Å². The van der Waals surface area contributed by atoms with Crippen LogP contribution in [-0.2, 0) is 5.41 Å². The van der Waals surface area contributed by atoms with Crippen LogP contribution in [0.2, 0.25) is 0 Å². The summed E-state index contributed by atoms with van der Waals surface area (Å²) in [6.45, 7) is 4.58. The molecule has 1 aliphatic heterocycles. The van der Waals surface area contributed by atoms with Crippen LogP contribution in [0.1, 0.15) is 25.2 Å². The monoisotopic (exact) mass is 475 g/mol. The molecule has 5 aromatic carbocycles. The lowest BCUT2D eigenvalue weighted by atomic mass is 9.84. The summed E-state index contributed by atoms with van der Waals surface area (Å²) in [6, 6.07) is 41.5. The first kappa shape index (κ1) is 20.6. The Bertz CT molecular complexity index is 2000. The number of fused-ring (bicyclic) bond motifs is 8. The van der Waals surface area contributed by atoms with E-state index in [4.69, 9.17) is 4.98 Å². The van der Waals surface area contributed by atoms with E-state index in [2.05, 4.69) is 138 Å². The topological polar surface area (TPSA) is 22.8 Å². The smallest absolute Gasteiger partial charge is 0.124 e. The van der Waals surface area contributed by atoms with E-state index in [0.29, 0.717) is 0 Å². The molecule has 0 saturated carbocycles. The van der Waals surface area contributed by atoms with Crippen LogP contribution in [0.4, 0.5) is 0 Å². The second-order valence-electron chi connectivity index (χ2n) is 10.5. The van der Waals surface area contributed by atoms with Crippen molar-refractivity contribution >= 4 is 32.8 Å². The van der Waals surface area contributed by atoms with Crippen LogP contribution in [0, 0.1) is 0 Å². The SMILES string of the molecule is CC1(C)c2cc(-c3ccc4c(c3)c3ccccc3n4-c3ccccc3)ccc2-n2c1nc1ccccc12. The Morgan fingerprint density at radius 2 is 1.24 bits per heavy atom. The van der Waals surface area contributed by atoms with Gasteiger partial charge in [-0.25, -0.2) is 4.98 Å². The van der Waals surface area contributed by atoms with Gasteiger partial charge in [-0.15, -0.1) is 0 Å².